The lowest BCUT2D eigenvalue weighted by molar-refractivity contribution is 0.103. The number of halogens is 1. The van der Waals surface area contributed by atoms with Crippen molar-refractivity contribution in [3.63, 3.8) is 0 Å². The fourth-order valence-electron chi connectivity index (χ4n) is 1.47. The molecule has 0 saturated heterocycles. The topological polar surface area (TPSA) is 40.5 Å². The summed E-state index contributed by atoms with van der Waals surface area (Å²) in [6.07, 6.45) is 0.173. The normalized spacial score (nSPS) is 15.1. The molecule has 0 heterocycles. The fourth-order valence-corrected chi connectivity index (χ4v) is 1.89. The molecule has 0 saturated carbocycles. The van der Waals surface area contributed by atoms with E-state index in [1.54, 1.807) is 0 Å². The van der Waals surface area contributed by atoms with E-state index in [4.69, 9.17) is 0 Å². The largest absolute Gasteiger partial charge is 0.396 e. The zero-order chi connectivity index (χ0) is 10.6. The lowest BCUT2D eigenvalue weighted by atomic mass is 9.93. The maximum absolute atomic E-state index is 9.69. The molecule has 0 fully saturated rings. The molecule has 2 unspecified atom stereocenters. The number of benzene rings is 1. The fraction of sp³-hybridized carbons (Fsp3) is 0.455. The first-order chi connectivity index (χ1) is 6.69. The van der Waals surface area contributed by atoms with Gasteiger partial charge in [0.2, 0.25) is 0 Å². The van der Waals surface area contributed by atoms with Crippen LogP contribution in [0.3, 0.4) is 0 Å². The van der Waals surface area contributed by atoms with E-state index in [0.29, 0.717) is 6.42 Å². The third kappa shape index (κ3) is 2.80. The zero-order valence-corrected chi connectivity index (χ0v) is 9.74. The highest BCUT2D eigenvalue weighted by molar-refractivity contribution is 9.10. The van der Waals surface area contributed by atoms with E-state index < -0.39 is 6.10 Å². The number of aliphatic hydroxyl groups excluding tert-OH is 2. The third-order valence-electron chi connectivity index (χ3n) is 2.36. The summed E-state index contributed by atoms with van der Waals surface area (Å²) in [4.78, 5) is 0. The van der Waals surface area contributed by atoms with Crippen LogP contribution in [0.15, 0.2) is 28.7 Å². The number of hydrogen-bond donors (Lipinski definition) is 2. The summed E-state index contributed by atoms with van der Waals surface area (Å²) >= 11 is 3.37. The molecule has 1 aromatic carbocycles. The molecule has 2 atom stereocenters. The van der Waals surface area contributed by atoms with Gasteiger partial charge in [-0.15, -0.1) is 0 Å². The average molecular weight is 259 g/mol. The molecule has 0 radical (unpaired) electrons. The maximum Gasteiger partial charge on any atom is 0.0628 e. The highest BCUT2D eigenvalue weighted by Gasteiger charge is 2.18. The van der Waals surface area contributed by atoms with Gasteiger partial charge in [-0.05, 0) is 24.1 Å². The molecule has 0 aliphatic rings. The summed E-state index contributed by atoms with van der Waals surface area (Å²) in [6, 6.07) is 7.69. The van der Waals surface area contributed by atoms with E-state index in [1.807, 2.05) is 31.2 Å². The van der Waals surface area contributed by atoms with E-state index >= 15 is 0 Å². The summed E-state index contributed by atoms with van der Waals surface area (Å²) in [6.45, 7) is 1.89. The molecule has 14 heavy (non-hydrogen) atoms. The number of hydrogen-bond acceptors (Lipinski definition) is 2. The van der Waals surface area contributed by atoms with E-state index in [0.717, 1.165) is 10.0 Å². The summed E-state index contributed by atoms with van der Waals surface area (Å²) < 4.78 is 0.969. The summed E-state index contributed by atoms with van der Waals surface area (Å²) in [5.74, 6) is -0.183. The van der Waals surface area contributed by atoms with Crippen molar-refractivity contribution >= 4 is 15.9 Å². The Balaban J connectivity index is 2.89. The highest BCUT2D eigenvalue weighted by atomic mass is 79.9. The molecule has 3 heteroatoms. The van der Waals surface area contributed by atoms with Crippen molar-refractivity contribution in [1.29, 1.82) is 0 Å². The lowest BCUT2D eigenvalue weighted by Gasteiger charge is -2.20. The van der Waals surface area contributed by atoms with Gasteiger partial charge in [0, 0.05) is 10.4 Å². The Bertz CT molecular complexity index is 288. The predicted molar refractivity (Wildman–Crippen MR) is 60.3 cm³/mol. The Kier molecular flexibility index (Phi) is 4.58. The predicted octanol–water partition coefficient (Wildman–Crippen LogP) is 2.30. The van der Waals surface area contributed by atoms with Crippen LogP contribution in [0, 0.1) is 0 Å². The maximum atomic E-state index is 9.69. The van der Waals surface area contributed by atoms with Gasteiger partial charge < -0.3 is 10.2 Å². The lowest BCUT2D eigenvalue weighted by Crippen LogP contribution is -2.20. The SMILES string of the molecule is CCC(O)C(CO)c1cccc(Br)c1. The second-order valence-electron chi connectivity index (χ2n) is 3.32. The molecule has 2 N–H and O–H groups in total. The second-order valence-corrected chi connectivity index (χ2v) is 4.24. The van der Waals surface area contributed by atoms with Crippen molar-refractivity contribution < 1.29 is 10.2 Å². The first-order valence-corrected chi connectivity index (χ1v) is 5.52. The minimum absolute atomic E-state index is 0.0224. The van der Waals surface area contributed by atoms with Crippen LogP contribution in [-0.2, 0) is 0 Å². The van der Waals surface area contributed by atoms with Crippen LogP contribution in [-0.4, -0.2) is 22.9 Å². The second kappa shape index (κ2) is 5.49. The van der Waals surface area contributed by atoms with Crippen LogP contribution in [0.1, 0.15) is 24.8 Å². The van der Waals surface area contributed by atoms with Gasteiger partial charge in [-0.3, -0.25) is 0 Å². The Morgan fingerprint density at radius 2 is 2.14 bits per heavy atom. The molecular weight excluding hydrogens is 244 g/mol. The van der Waals surface area contributed by atoms with Gasteiger partial charge in [0.1, 0.15) is 0 Å². The number of aliphatic hydroxyl groups is 2. The van der Waals surface area contributed by atoms with Crippen LogP contribution in [0.5, 0.6) is 0 Å². The van der Waals surface area contributed by atoms with Crippen molar-refractivity contribution in [2.75, 3.05) is 6.61 Å². The molecule has 0 bridgehead atoms. The van der Waals surface area contributed by atoms with Gasteiger partial charge in [-0.2, -0.15) is 0 Å². The van der Waals surface area contributed by atoms with Gasteiger partial charge in [0.05, 0.1) is 12.7 Å². The van der Waals surface area contributed by atoms with Gasteiger partial charge in [-0.25, -0.2) is 0 Å². The first kappa shape index (κ1) is 11.7. The highest BCUT2D eigenvalue weighted by Crippen LogP contribution is 2.23. The number of rotatable bonds is 4. The van der Waals surface area contributed by atoms with Crippen LogP contribution in [0.2, 0.25) is 0 Å². The van der Waals surface area contributed by atoms with Crippen LogP contribution in [0.25, 0.3) is 0 Å². The Morgan fingerprint density at radius 1 is 1.43 bits per heavy atom. The monoisotopic (exact) mass is 258 g/mol. The summed E-state index contributed by atoms with van der Waals surface area (Å²) in [7, 11) is 0. The van der Waals surface area contributed by atoms with E-state index in [1.165, 1.54) is 0 Å². The van der Waals surface area contributed by atoms with Gasteiger partial charge in [0.25, 0.3) is 0 Å². The minimum atomic E-state index is -0.478. The minimum Gasteiger partial charge on any atom is -0.396 e. The summed E-state index contributed by atoms with van der Waals surface area (Å²) in [5, 5.41) is 18.9. The zero-order valence-electron chi connectivity index (χ0n) is 8.15. The smallest absolute Gasteiger partial charge is 0.0628 e. The molecule has 1 rings (SSSR count). The van der Waals surface area contributed by atoms with Crippen molar-refractivity contribution in [2.45, 2.75) is 25.4 Å². The van der Waals surface area contributed by atoms with E-state index in [2.05, 4.69) is 15.9 Å². The van der Waals surface area contributed by atoms with Gasteiger partial charge in [-0.1, -0.05) is 35.0 Å². The Morgan fingerprint density at radius 3 is 2.64 bits per heavy atom. The molecule has 2 nitrogen and oxygen atoms in total. The molecule has 0 spiro atoms. The molecule has 1 aromatic rings. The van der Waals surface area contributed by atoms with Gasteiger partial charge in [0.15, 0.2) is 0 Å². The van der Waals surface area contributed by atoms with Crippen molar-refractivity contribution in [2.24, 2.45) is 0 Å². The van der Waals surface area contributed by atoms with Crippen LogP contribution < -0.4 is 0 Å². The molecule has 78 valence electrons. The van der Waals surface area contributed by atoms with Crippen molar-refractivity contribution in [3.05, 3.63) is 34.3 Å². The molecule has 0 amide bonds. The van der Waals surface area contributed by atoms with Crippen LogP contribution >= 0.6 is 15.9 Å². The Hall–Kier alpha value is -0.380. The van der Waals surface area contributed by atoms with E-state index in [9.17, 15) is 10.2 Å². The summed E-state index contributed by atoms with van der Waals surface area (Å²) in [5.41, 5.74) is 0.969. The quantitative estimate of drug-likeness (QED) is 0.871. The molecular formula is C11H15BrO2. The molecule has 0 aliphatic heterocycles. The molecule has 0 aromatic heterocycles. The van der Waals surface area contributed by atoms with Crippen molar-refractivity contribution in [3.8, 4) is 0 Å². The average Bonchev–Trinajstić information content (AvgIpc) is 2.19. The van der Waals surface area contributed by atoms with Gasteiger partial charge >= 0.3 is 0 Å². The third-order valence-corrected chi connectivity index (χ3v) is 2.85. The standard InChI is InChI=1S/C11H15BrO2/c1-2-11(14)10(7-13)8-4-3-5-9(12)6-8/h3-6,10-11,13-14H,2,7H2,1H3. The van der Waals surface area contributed by atoms with E-state index in [-0.39, 0.29) is 12.5 Å². The molecule has 0 aliphatic carbocycles. The Labute approximate surface area is 92.7 Å². The van der Waals surface area contributed by atoms with Crippen LogP contribution in [0.4, 0.5) is 0 Å². The van der Waals surface area contributed by atoms with Crippen molar-refractivity contribution in [1.82, 2.24) is 0 Å². The first-order valence-electron chi connectivity index (χ1n) is 4.73.